The van der Waals surface area contributed by atoms with Gasteiger partial charge in [0.15, 0.2) is 0 Å². The number of hydrogen-bond donors (Lipinski definition) is 2. The zero-order valence-corrected chi connectivity index (χ0v) is 14.0. The molecule has 5 heteroatoms. The van der Waals surface area contributed by atoms with Crippen molar-refractivity contribution in [2.24, 2.45) is 0 Å². The van der Waals surface area contributed by atoms with Crippen molar-refractivity contribution in [1.29, 1.82) is 0 Å². The number of nitrogens with one attached hydrogen (secondary N) is 2. The number of fused-ring (bicyclic) bond motifs is 1. The smallest absolute Gasteiger partial charge is 0.317 e. The van der Waals surface area contributed by atoms with Gasteiger partial charge in [0, 0.05) is 30.9 Å². The fourth-order valence-corrected chi connectivity index (χ4v) is 3.19. The van der Waals surface area contributed by atoms with Gasteiger partial charge in [0.2, 0.25) is 0 Å². The van der Waals surface area contributed by atoms with Gasteiger partial charge in [-0.3, -0.25) is 5.10 Å². The number of hydrogen-bond acceptors (Lipinski definition) is 2. The van der Waals surface area contributed by atoms with Crippen LogP contribution in [-0.4, -0.2) is 27.7 Å². The van der Waals surface area contributed by atoms with E-state index in [-0.39, 0.29) is 6.03 Å². The Balaban J connectivity index is 1.66. The molecule has 0 aliphatic carbocycles. The molecule has 0 saturated heterocycles. The van der Waals surface area contributed by atoms with Gasteiger partial charge in [0.25, 0.3) is 0 Å². The van der Waals surface area contributed by atoms with Gasteiger partial charge in [-0.15, -0.1) is 0 Å². The number of amides is 2. The summed E-state index contributed by atoms with van der Waals surface area (Å²) in [5.41, 5.74) is 6.14. The van der Waals surface area contributed by atoms with Gasteiger partial charge in [-0.2, -0.15) is 5.10 Å². The van der Waals surface area contributed by atoms with Crippen molar-refractivity contribution in [2.75, 3.05) is 6.54 Å². The molecular weight excluding hydrogens is 288 g/mol. The van der Waals surface area contributed by atoms with E-state index in [2.05, 4.69) is 47.6 Å². The summed E-state index contributed by atoms with van der Waals surface area (Å²) in [6.07, 6.45) is 2.69. The quantitative estimate of drug-likeness (QED) is 0.915. The van der Waals surface area contributed by atoms with Gasteiger partial charge in [0.05, 0.1) is 6.20 Å². The maximum absolute atomic E-state index is 12.4. The van der Waals surface area contributed by atoms with E-state index in [1.165, 1.54) is 16.7 Å². The van der Waals surface area contributed by atoms with Crippen LogP contribution in [0.15, 0.2) is 24.4 Å². The van der Waals surface area contributed by atoms with Crippen LogP contribution < -0.4 is 5.32 Å². The standard InChI is InChI=1S/C18H24N4O/c1-12(2)16-6-4-5-14-11-22(8-7-17(14)16)18(23)19-9-15-10-20-21-13(15)3/h4-6,10,12H,7-9,11H2,1-3H3,(H,19,23)(H,20,21). The number of H-pyrrole nitrogens is 1. The van der Waals surface area contributed by atoms with Crippen LogP contribution in [0.25, 0.3) is 0 Å². The first-order valence-electron chi connectivity index (χ1n) is 8.18. The zero-order chi connectivity index (χ0) is 16.4. The second kappa shape index (κ2) is 6.44. The third-order valence-corrected chi connectivity index (χ3v) is 4.58. The molecule has 0 spiro atoms. The van der Waals surface area contributed by atoms with E-state index in [9.17, 15) is 4.79 Å². The lowest BCUT2D eigenvalue weighted by molar-refractivity contribution is 0.192. The first kappa shape index (κ1) is 15.6. The van der Waals surface area contributed by atoms with Crippen LogP contribution in [0.5, 0.6) is 0 Å². The highest BCUT2D eigenvalue weighted by molar-refractivity contribution is 5.74. The summed E-state index contributed by atoms with van der Waals surface area (Å²) >= 11 is 0. The van der Waals surface area contributed by atoms with E-state index in [4.69, 9.17) is 0 Å². The predicted molar refractivity (Wildman–Crippen MR) is 90.2 cm³/mol. The van der Waals surface area contributed by atoms with Crippen LogP contribution in [0.2, 0.25) is 0 Å². The summed E-state index contributed by atoms with van der Waals surface area (Å²) in [7, 11) is 0. The average molecular weight is 312 g/mol. The molecular formula is C18H24N4O. The van der Waals surface area contributed by atoms with Gasteiger partial charge in [0.1, 0.15) is 0 Å². The number of carbonyl (C=O) groups is 1. The van der Waals surface area contributed by atoms with Crippen molar-refractivity contribution in [1.82, 2.24) is 20.4 Å². The minimum Gasteiger partial charge on any atom is -0.334 e. The number of rotatable bonds is 3. The fraction of sp³-hybridized carbons (Fsp3) is 0.444. The van der Waals surface area contributed by atoms with Gasteiger partial charge in [-0.05, 0) is 36.0 Å². The molecule has 0 fully saturated rings. The Hall–Kier alpha value is -2.30. The molecule has 122 valence electrons. The molecule has 23 heavy (non-hydrogen) atoms. The van der Waals surface area contributed by atoms with Crippen LogP contribution in [0, 0.1) is 6.92 Å². The minimum atomic E-state index is -0.00815. The Morgan fingerprint density at radius 1 is 1.43 bits per heavy atom. The number of nitrogens with zero attached hydrogens (tertiary/aromatic N) is 2. The number of urea groups is 1. The summed E-state index contributed by atoms with van der Waals surface area (Å²) in [6.45, 7) is 8.37. The largest absolute Gasteiger partial charge is 0.334 e. The van der Waals surface area contributed by atoms with Gasteiger partial charge < -0.3 is 10.2 Å². The average Bonchev–Trinajstić information content (AvgIpc) is 2.96. The third kappa shape index (κ3) is 3.23. The van der Waals surface area contributed by atoms with Crippen molar-refractivity contribution in [3.8, 4) is 0 Å². The number of aromatic amines is 1. The Bertz CT molecular complexity index is 705. The molecule has 1 aromatic carbocycles. The number of carbonyl (C=O) groups excluding carboxylic acids is 1. The van der Waals surface area contributed by atoms with Crippen LogP contribution in [0.3, 0.4) is 0 Å². The topological polar surface area (TPSA) is 61.0 Å². The second-order valence-corrected chi connectivity index (χ2v) is 6.49. The molecule has 0 saturated carbocycles. The molecule has 0 unspecified atom stereocenters. The number of aromatic nitrogens is 2. The molecule has 3 rings (SSSR count). The van der Waals surface area contributed by atoms with Crippen molar-refractivity contribution in [3.05, 3.63) is 52.3 Å². The molecule has 0 bridgehead atoms. The first-order valence-corrected chi connectivity index (χ1v) is 8.18. The monoisotopic (exact) mass is 312 g/mol. The molecule has 1 aliphatic heterocycles. The van der Waals surface area contributed by atoms with Gasteiger partial charge in [-0.1, -0.05) is 32.0 Å². The van der Waals surface area contributed by atoms with Crippen molar-refractivity contribution in [3.63, 3.8) is 0 Å². The van der Waals surface area contributed by atoms with Crippen molar-refractivity contribution >= 4 is 6.03 Å². The van der Waals surface area contributed by atoms with Gasteiger partial charge in [-0.25, -0.2) is 4.79 Å². The number of benzene rings is 1. The van der Waals surface area contributed by atoms with E-state index >= 15 is 0 Å². The highest BCUT2D eigenvalue weighted by Gasteiger charge is 2.23. The molecule has 0 radical (unpaired) electrons. The normalized spacial score (nSPS) is 14.0. The van der Waals surface area contributed by atoms with E-state index in [0.717, 1.165) is 24.2 Å². The first-order chi connectivity index (χ1) is 11.1. The lowest BCUT2D eigenvalue weighted by Crippen LogP contribution is -2.42. The maximum Gasteiger partial charge on any atom is 0.317 e. The Kier molecular flexibility index (Phi) is 4.37. The summed E-state index contributed by atoms with van der Waals surface area (Å²) < 4.78 is 0. The molecule has 1 aromatic heterocycles. The maximum atomic E-state index is 12.4. The highest BCUT2D eigenvalue weighted by atomic mass is 16.2. The number of aryl methyl sites for hydroxylation is 1. The second-order valence-electron chi connectivity index (χ2n) is 6.49. The molecule has 0 atom stereocenters. The Morgan fingerprint density at radius 2 is 2.26 bits per heavy atom. The van der Waals surface area contributed by atoms with Crippen molar-refractivity contribution in [2.45, 2.75) is 46.2 Å². The Morgan fingerprint density at radius 3 is 2.96 bits per heavy atom. The summed E-state index contributed by atoms with van der Waals surface area (Å²) in [4.78, 5) is 14.3. The van der Waals surface area contributed by atoms with E-state index < -0.39 is 0 Å². The third-order valence-electron chi connectivity index (χ3n) is 4.58. The minimum absolute atomic E-state index is 0.00815. The van der Waals surface area contributed by atoms with E-state index in [0.29, 0.717) is 19.0 Å². The summed E-state index contributed by atoms with van der Waals surface area (Å²) in [6, 6.07) is 6.44. The Labute approximate surface area is 137 Å². The van der Waals surface area contributed by atoms with Crippen LogP contribution in [-0.2, 0) is 19.5 Å². The van der Waals surface area contributed by atoms with Crippen molar-refractivity contribution < 1.29 is 4.79 Å². The molecule has 1 aliphatic rings. The molecule has 2 heterocycles. The summed E-state index contributed by atoms with van der Waals surface area (Å²) in [5.74, 6) is 0.523. The molecule has 5 nitrogen and oxygen atoms in total. The SMILES string of the molecule is Cc1[nH]ncc1CNC(=O)N1CCc2c(cccc2C(C)C)C1. The zero-order valence-electron chi connectivity index (χ0n) is 14.0. The van der Waals surface area contributed by atoms with Crippen LogP contribution in [0.4, 0.5) is 4.79 Å². The molecule has 2 amide bonds. The van der Waals surface area contributed by atoms with Crippen LogP contribution in [0.1, 0.15) is 47.7 Å². The van der Waals surface area contributed by atoms with E-state index in [1.807, 2.05) is 11.8 Å². The lowest BCUT2D eigenvalue weighted by atomic mass is 9.89. The van der Waals surface area contributed by atoms with Gasteiger partial charge >= 0.3 is 6.03 Å². The summed E-state index contributed by atoms with van der Waals surface area (Å²) in [5, 5.41) is 9.86. The predicted octanol–water partition coefficient (Wildman–Crippen LogP) is 3.11. The highest BCUT2D eigenvalue weighted by Crippen LogP contribution is 2.27. The lowest BCUT2D eigenvalue weighted by Gasteiger charge is -2.31. The molecule has 2 aromatic rings. The van der Waals surface area contributed by atoms with E-state index in [1.54, 1.807) is 6.20 Å². The molecule has 2 N–H and O–H groups in total. The fourth-order valence-electron chi connectivity index (χ4n) is 3.19. The van der Waals surface area contributed by atoms with Crippen LogP contribution >= 0.6 is 0 Å².